The van der Waals surface area contributed by atoms with E-state index in [-0.39, 0.29) is 0 Å². The molecule has 2 rings (SSSR count). The molecule has 118 valence electrons. The number of benzene rings is 1. The van der Waals surface area contributed by atoms with Crippen molar-refractivity contribution >= 4 is 0 Å². The molecule has 1 aromatic carbocycles. The second kappa shape index (κ2) is 7.92. The molecule has 0 spiro atoms. The van der Waals surface area contributed by atoms with Crippen LogP contribution >= 0.6 is 0 Å². The van der Waals surface area contributed by atoms with Gasteiger partial charge in [0.05, 0.1) is 6.10 Å². The molecule has 21 heavy (non-hydrogen) atoms. The van der Waals surface area contributed by atoms with Crippen molar-refractivity contribution in [1.29, 1.82) is 0 Å². The molecule has 3 nitrogen and oxygen atoms in total. The number of aliphatic hydroxyl groups is 1. The number of hydrogen-bond donors (Lipinski definition) is 2. The van der Waals surface area contributed by atoms with Gasteiger partial charge in [-0.25, -0.2) is 0 Å². The molecule has 1 saturated heterocycles. The third kappa shape index (κ3) is 4.80. The molecule has 1 fully saturated rings. The van der Waals surface area contributed by atoms with E-state index in [0.717, 1.165) is 31.6 Å². The zero-order chi connectivity index (χ0) is 15.2. The molecule has 0 aromatic heterocycles. The third-order valence-electron chi connectivity index (χ3n) is 4.59. The molecular weight excluding hydrogens is 262 g/mol. The smallest absolute Gasteiger partial charge is 0.0914 e. The average Bonchev–Trinajstić information content (AvgIpc) is 2.53. The Morgan fingerprint density at radius 1 is 1.10 bits per heavy atom. The minimum absolute atomic E-state index is 0.429. The highest BCUT2D eigenvalue weighted by atomic mass is 16.5. The average molecular weight is 291 g/mol. The lowest BCUT2D eigenvalue weighted by molar-refractivity contribution is 0.0537. The van der Waals surface area contributed by atoms with E-state index >= 15 is 0 Å². The van der Waals surface area contributed by atoms with Crippen molar-refractivity contribution in [3.8, 4) is 0 Å². The summed E-state index contributed by atoms with van der Waals surface area (Å²) >= 11 is 0. The van der Waals surface area contributed by atoms with Gasteiger partial charge in [-0.1, -0.05) is 38.1 Å². The van der Waals surface area contributed by atoms with Gasteiger partial charge in [-0.3, -0.25) is 0 Å². The summed E-state index contributed by atoms with van der Waals surface area (Å²) in [7, 11) is 0. The highest BCUT2D eigenvalue weighted by molar-refractivity contribution is 5.26. The summed E-state index contributed by atoms with van der Waals surface area (Å²) in [6, 6.07) is 8.75. The predicted octanol–water partition coefficient (Wildman–Crippen LogP) is 3.25. The van der Waals surface area contributed by atoms with Crippen LogP contribution in [0, 0.1) is 5.92 Å². The fraction of sp³-hybridized carbons (Fsp3) is 0.667. The van der Waals surface area contributed by atoms with Crippen LogP contribution in [-0.4, -0.2) is 30.9 Å². The Balaban J connectivity index is 1.81. The maximum absolute atomic E-state index is 10.3. The highest BCUT2D eigenvalue weighted by Gasteiger charge is 2.20. The van der Waals surface area contributed by atoms with Gasteiger partial charge in [0.2, 0.25) is 0 Å². The van der Waals surface area contributed by atoms with Gasteiger partial charge < -0.3 is 15.2 Å². The number of ether oxygens (including phenoxy) is 1. The number of rotatable bonds is 6. The minimum Gasteiger partial charge on any atom is -0.387 e. The maximum Gasteiger partial charge on any atom is 0.0914 e. The van der Waals surface area contributed by atoms with Gasteiger partial charge in [0.1, 0.15) is 0 Å². The van der Waals surface area contributed by atoms with E-state index in [1.165, 1.54) is 5.56 Å². The Morgan fingerprint density at radius 3 is 2.24 bits per heavy atom. The van der Waals surface area contributed by atoms with Gasteiger partial charge in [-0.2, -0.15) is 0 Å². The van der Waals surface area contributed by atoms with Crippen molar-refractivity contribution in [2.75, 3.05) is 19.8 Å². The molecular formula is C18H29NO2. The zero-order valence-corrected chi connectivity index (χ0v) is 13.5. The van der Waals surface area contributed by atoms with Crippen molar-refractivity contribution < 1.29 is 9.84 Å². The van der Waals surface area contributed by atoms with E-state index < -0.39 is 6.10 Å². The monoisotopic (exact) mass is 291 g/mol. The third-order valence-corrected chi connectivity index (χ3v) is 4.59. The predicted molar refractivity (Wildman–Crippen MR) is 86.5 cm³/mol. The SMILES string of the molecule is CC(C)c1ccc(C(O)CNC(C)C2CCOCC2)cc1. The number of hydrogen-bond acceptors (Lipinski definition) is 3. The fourth-order valence-electron chi connectivity index (χ4n) is 2.90. The van der Waals surface area contributed by atoms with E-state index in [0.29, 0.717) is 24.4 Å². The van der Waals surface area contributed by atoms with Crippen LogP contribution in [0.2, 0.25) is 0 Å². The van der Waals surface area contributed by atoms with Crippen LogP contribution in [0.3, 0.4) is 0 Å². The van der Waals surface area contributed by atoms with Crippen LogP contribution in [0.5, 0.6) is 0 Å². The van der Waals surface area contributed by atoms with Crippen molar-refractivity contribution in [2.24, 2.45) is 5.92 Å². The second-order valence-electron chi connectivity index (χ2n) is 6.48. The van der Waals surface area contributed by atoms with Gasteiger partial charge in [-0.05, 0) is 42.7 Å². The van der Waals surface area contributed by atoms with Gasteiger partial charge in [-0.15, -0.1) is 0 Å². The van der Waals surface area contributed by atoms with Crippen LogP contribution in [0.25, 0.3) is 0 Å². The van der Waals surface area contributed by atoms with Gasteiger partial charge >= 0.3 is 0 Å². The molecule has 0 aliphatic carbocycles. The quantitative estimate of drug-likeness (QED) is 0.845. The van der Waals surface area contributed by atoms with Crippen LogP contribution in [-0.2, 0) is 4.74 Å². The fourth-order valence-corrected chi connectivity index (χ4v) is 2.90. The molecule has 1 aromatic rings. The van der Waals surface area contributed by atoms with E-state index in [2.05, 4.69) is 38.2 Å². The van der Waals surface area contributed by atoms with E-state index in [1.807, 2.05) is 12.1 Å². The van der Waals surface area contributed by atoms with Crippen molar-refractivity contribution in [1.82, 2.24) is 5.32 Å². The maximum atomic E-state index is 10.3. The number of nitrogens with one attached hydrogen (secondary N) is 1. The Morgan fingerprint density at radius 2 is 1.67 bits per heavy atom. The first-order chi connectivity index (χ1) is 10.1. The van der Waals surface area contributed by atoms with Gasteiger partial charge in [0, 0.05) is 25.8 Å². The molecule has 1 heterocycles. The molecule has 1 aliphatic heterocycles. The van der Waals surface area contributed by atoms with Gasteiger partial charge in [0.25, 0.3) is 0 Å². The summed E-state index contributed by atoms with van der Waals surface area (Å²) in [6.45, 7) is 8.93. The minimum atomic E-state index is -0.437. The molecule has 2 atom stereocenters. The summed E-state index contributed by atoms with van der Waals surface area (Å²) in [6.07, 6.45) is 1.80. The first-order valence-electron chi connectivity index (χ1n) is 8.17. The first kappa shape index (κ1) is 16.5. The standard InChI is InChI=1S/C18H29NO2/c1-13(2)15-4-6-17(7-5-15)18(20)12-19-14(3)16-8-10-21-11-9-16/h4-7,13-14,16,18-20H,8-12H2,1-3H3. The molecule has 2 N–H and O–H groups in total. The second-order valence-corrected chi connectivity index (χ2v) is 6.48. The Labute approximate surface area is 128 Å². The summed E-state index contributed by atoms with van der Waals surface area (Å²) in [4.78, 5) is 0. The van der Waals surface area contributed by atoms with E-state index in [4.69, 9.17) is 4.74 Å². The van der Waals surface area contributed by atoms with Crippen molar-refractivity contribution in [3.05, 3.63) is 35.4 Å². The van der Waals surface area contributed by atoms with Crippen molar-refractivity contribution in [2.45, 2.75) is 51.7 Å². The molecule has 0 amide bonds. The Bertz CT molecular complexity index is 410. The molecule has 0 radical (unpaired) electrons. The molecule has 0 saturated carbocycles. The van der Waals surface area contributed by atoms with Gasteiger partial charge in [0.15, 0.2) is 0 Å². The summed E-state index contributed by atoms with van der Waals surface area (Å²) < 4.78 is 5.40. The van der Waals surface area contributed by atoms with Crippen LogP contribution in [0.1, 0.15) is 56.8 Å². The number of aliphatic hydroxyl groups excluding tert-OH is 1. The van der Waals surface area contributed by atoms with Crippen molar-refractivity contribution in [3.63, 3.8) is 0 Å². The summed E-state index contributed by atoms with van der Waals surface area (Å²) in [5, 5.41) is 13.8. The molecule has 1 aliphatic rings. The highest BCUT2D eigenvalue weighted by Crippen LogP contribution is 2.21. The lowest BCUT2D eigenvalue weighted by atomic mass is 9.92. The summed E-state index contributed by atoms with van der Waals surface area (Å²) in [5.41, 5.74) is 2.31. The lowest BCUT2D eigenvalue weighted by Gasteiger charge is -2.29. The molecule has 3 heteroatoms. The summed E-state index contributed by atoms with van der Waals surface area (Å²) in [5.74, 6) is 1.19. The molecule has 0 bridgehead atoms. The van der Waals surface area contributed by atoms with Crippen LogP contribution in [0.15, 0.2) is 24.3 Å². The Kier molecular flexibility index (Phi) is 6.22. The normalized spacial score (nSPS) is 19.7. The van der Waals surface area contributed by atoms with Crippen LogP contribution in [0.4, 0.5) is 0 Å². The van der Waals surface area contributed by atoms with E-state index in [9.17, 15) is 5.11 Å². The topological polar surface area (TPSA) is 41.5 Å². The van der Waals surface area contributed by atoms with E-state index in [1.54, 1.807) is 0 Å². The largest absolute Gasteiger partial charge is 0.387 e. The first-order valence-corrected chi connectivity index (χ1v) is 8.17. The zero-order valence-electron chi connectivity index (χ0n) is 13.5. The van der Waals surface area contributed by atoms with Crippen LogP contribution < -0.4 is 5.32 Å². The molecule has 2 unspecified atom stereocenters. The Hall–Kier alpha value is -0.900. The lowest BCUT2D eigenvalue weighted by Crippen LogP contribution is -2.38.